The number of nitrogens with zero attached hydrogens (tertiary/aromatic N) is 6. The Morgan fingerprint density at radius 1 is 1.06 bits per heavy atom. The Labute approximate surface area is 109 Å². The molecular weight excluding hydrogens is 199 g/mol. The van der Waals surface area contributed by atoms with Crippen molar-refractivity contribution in [3.8, 4) is 0 Å². The summed E-state index contributed by atoms with van der Waals surface area (Å²) in [4.78, 5) is 0. The molecule has 0 radical (unpaired) electrons. The van der Waals surface area contributed by atoms with E-state index in [1.165, 1.54) is 0 Å². The normalized spacial score (nSPS) is 11.2. The van der Waals surface area contributed by atoms with Gasteiger partial charge in [-0.05, 0) is 17.4 Å². The molecule has 0 aliphatic heterocycles. The number of aryl methyl sites for hydroxylation is 1. The molecule has 0 fully saturated rings. The molecule has 1 aromatic rings. The van der Waals surface area contributed by atoms with Crippen LogP contribution in [0.15, 0.2) is 0 Å². The fourth-order valence-corrected chi connectivity index (χ4v) is 1.15. The van der Waals surface area contributed by atoms with Crippen LogP contribution in [-0.4, -0.2) is 32.3 Å². The van der Waals surface area contributed by atoms with Gasteiger partial charge in [-0.25, -0.2) is 0 Å². The molecule has 16 heavy (non-hydrogen) atoms. The van der Waals surface area contributed by atoms with Gasteiger partial charge in [0, 0.05) is 0 Å². The molecule has 1 heterocycles. The number of rotatable bonds is 5. The van der Waals surface area contributed by atoms with Crippen molar-refractivity contribution in [3.05, 3.63) is 16.5 Å². The summed E-state index contributed by atoms with van der Waals surface area (Å²) in [6.45, 7) is 9.91. The SMILES string of the molecule is Cc1nnnn1C([N-]C(C)C)[N-]C(C)C.[Li+]. The smallest absolute Gasteiger partial charge is 0.657 e. The molecule has 0 aliphatic rings. The third-order valence-corrected chi connectivity index (χ3v) is 1.74. The second kappa shape index (κ2) is 7.02. The van der Waals surface area contributed by atoms with Crippen molar-refractivity contribution in [1.82, 2.24) is 20.2 Å². The van der Waals surface area contributed by atoms with Crippen LogP contribution in [0.2, 0.25) is 0 Å². The van der Waals surface area contributed by atoms with Crippen LogP contribution in [0, 0.1) is 6.92 Å². The van der Waals surface area contributed by atoms with E-state index < -0.39 is 0 Å². The molecule has 0 unspecified atom stereocenters. The van der Waals surface area contributed by atoms with Gasteiger partial charge in [-0.15, -0.1) is 23.5 Å². The van der Waals surface area contributed by atoms with E-state index in [0.717, 1.165) is 5.82 Å². The Bertz CT molecular complexity index is 288. The maximum absolute atomic E-state index is 4.47. The van der Waals surface area contributed by atoms with Crippen LogP contribution >= 0.6 is 0 Å². The van der Waals surface area contributed by atoms with Crippen LogP contribution < -0.4 is 18.9 Å². The topological polar surface area (TPSA) is 71.8 Å². The van der Waals surface area contributed by atoms with E-state index in [1.54, 1.807) is 4.68 Å². The van der Waals surface area contributed by atoms with Crippen LogP contribution in [0.25, 0.3) is 10.6 Å². The first kappa shape index (κ1) is 15.6. The van der Waals surface area contributed by atoms with Crippen LogP contribution in [0.3, 0.4) is 0 Å². The standard InChI is InChI=1S/C9H18N6.Li/c1-6(2)10-9(11-7(3)4)15-8(5)12-13-14-15;/h6-7,9H,1-5H3;/q-2;+1. The van der Waals surface area contributed by atoms with Gasteiger partial charge in [-0.1, -0.05) is 27.7 Å². The zero-order chi connectivity index (χ0) is 11.4. The third kappa shape index (κ3) is 4.62. The number of hydrogen-bond donors (Lipinski definition) is 0. The van der Waals surface area contributed by atoms with Gasteiger partial charge in [-0.2, -0.15) is 0 Å². The van der Waals surface area contributed by atoms with Crippen molar-refractivity contribution in [2.75, 3.05) is 0 Å². The van der Waals surface area contributed by atoms with Gasteiger partial charge in [-0.3, -0.25) is 4.68 Å². The van der Waals surface area contributed by atoms with Crippen LogP contribution in [0.1, 0.15) is 39.8 Å². The predicted molar refractivity (Wildman–Crippen MR) is 58.6 cm³/mol. The molecule has 0 aromatic carbocycles. The summed E-state index contributed by atoms with van der Waals surface area (Å²) in [5, 5.41) is 20.3. The summed E-state index contributed by atoms with van der Waals surface area (Å²) >= 11 is 0. The van der Waals surface area contributed by atoms with E-state index in [9.17, 15) is 0 Å². The van der Waals surface area contributed by atoms with E-state index in [2.05, 4.69) is 26.2 Å². The Morgan fingerprint density at radius 3 is 1.88 bits per heavy atom. The molecule has 1 aromatic heterocycles. The molecule has 7 heteroatoms. The maximum Gasteiger partial charge on any atom is 1.00 e. The van der Waals surface area contributed by atoms with Crippen molar-refractivity contribution in [2.45, 2.75) is 53.0 Å². The van der Waals surface area contributed by atoms with Gasteiger partial charge in [0.25, 0.3) is 0 Å². The second-order valence-electron chi connectivity index (χ2n) is 4.00. The van der Waals surface area contributed by atoms with Crippen LogP contribution in [0.5, 0.6) is 0 Å². The third-order valence-electron chi connectivity index (χ3n) is 1.74. The fourth-order valence-electron chi connectivity index (χ4n) is 1.15. The molecule has 1 rings (SSSR count). The van der Waals surface area contributed by atoms with E-state index in [4.69, 9.17) is 0 Å². The summed E-state index contributed by atoms with van der Waals surface area (Å²) in [6.07, 6.45) is -0.306. The molecule has 0 saturated heterocycles. The van der Waals surface area contributed by atoms with Crippen molar-refractivity contribution in [2.24, 2.45) is 0 Å². The minimum absolute atomic E-state index is 0. The van der Waals surface area contributed by atoms with Gasteiger partial charge >= 0.3 is 18.9 Å². The predicted octanol–water partition coefficient (Wildman–Crippen LogP) is -0.994. The average Bonchev–Trinajstić information content (AvgIpc) is 2.48. The Kier molecular flexibility index (Phi) is 6.84. The number of tetrazole rings is 1. The summed E-state index contributed by atoms with van der Waals surface area (Å²) in [5.41, 5.74) is 0. The average molecular weight is 217 g/mol. The fraction of sp³-hybridized carbons (Fsp3) is 0.889. The van der Waals surface area contributed by atoms with E-state index in [-0.39, 0.29) is 37.2 Å². The summed E-state index contributed by atoms with van der Waals surface area (Å²) in [5.74, 6) is 0.730. The maximum atomic E-state index is 4.47. The Balaban J connectivity index is 0.00000225. The molecule has 0 spiro atoms. The molecule has 0 aliphatic carbocycles. The molecule has 0 bridgehead atoms. The molecule has 86 valence electrons. The molecule has 0 atom stereocenters. The van der Waals surface area contributed by atoms with Crippen LogP contribution in [0.4, 0.5) is 0 Å². The van der Waals surface area contributed by atoms with Gasteiger partial charge < -0.3 is 10.6 Å². The summed E-state index contributed by atoms with van der Waals surface area (Å²) in [7, 11) is 0. The van der Waals surface area contributed by atoms with Crippen LogP contribution in [-0.2, 0) is 0 Å². The van der Waals surface area contributed by atoms with Crippen molar-refractivity contribution in [3.63, 3.8) is 0 Å². The van der Waals surface area contributed by atoms with E-state index in [1.807, 2.05) is 34.6 Å². The van der Waals surface area contributed by atoms with Gasteiger partial charge in [0.2, 0.25) is 0 Å². The number of hydrogen-bond acceptors (Lipinski definition) is 3. The first-order valence-electron chi connectivity index (χ1n) is 5.15. The molecule has 0 amide bonds. The Hall–Kier alpha value is -0.413. The first-order chi connectivity index (χ1) is 7.00. The quantitative estimate of drug-likeness (QED) is 0.594. The monoisotopic (exact) mass is 217 g/mol. The summed E-state index contributed by atoms with van der Waals surface area (Å²) in [6, 6.07) is 0.419. The minimum atomic E-state index is -0.306. The van der Waals surface area contributed by atoms with Crippen molar-refractivity contribution < 1.29 is 18.9 Å². The minimum Gasteiger partial charge on any atom is -0.657 e. The van der Waals surface area contributed by atoms with E-state index in [0.29, 0.717) is 0 Å². The van der Waals surface area contributed by atoms with Gasteiger partial charge in [0.05, 0.1) is 0 Å². The van der Waals surface area contributed by atoms with Gasteiger partial charge in [0.15, 0.2) is 0 Å². The Morgan fingerprint density at radius 2 is 1.56 bits per heavy atom. The second-order valence-corrected chi connectivity index (χ2v) is 4.00. The van der Waals surface area contributed by atoms with Crippen molar-refractivity contribution >= 4 is 0 Å². The summed E-state index contributed by atoms with van der Waals surface area (Å²) < 4.78 is 1.64. The zero-order valence-corrected chi connectivity index (χ0v) is 10.9. The molecular formula is C9H18LiN6-. The van der Waals surface area contributed by atoms with E-state index >= 15 is 0 Å². The first-order valence-corrected chi connectivity index (χ1v) is 5.15. The van der Waals surface area contributed by atoms with Gasteiger partial charge in [0.1, 0.15) is 5.82 Å². The largest absolute Gasteiger partial charge is 1.00 e. The van der Waals surface area contributed by atoms with Crippen molar-refractivity contribution in [1.29, 1.82) is 0 Å². The number of aromatic nitrogens is 4. The molecule has 0 saturated carbocycles. The molecule has 6 nitrogen and oxygen atoms in total. The zero-order valence-electron chi connectivity index (χ0n) is 10.9. The molecule has 0 N–H and O–H groups in total.